The molecule has 2 aliphatic carbocycles. The number of hydrogen-bond acceptors (Lipinski definition) is 3. The predicted molar refractivity (Wildman–Crippen MR) is 90.8 cm³/mol. The summed E-state index contributed by atoms with van der Waals surface area (Å²) in [4.78, 5) is 26.8. The Labute approximate surface area is 143 Å². The molecule has 4 rings (SSSR count). The first-order valence-corrected chi connectivity index (χ1v) is 9.07. The van der Waals surface area contributed by atoms with Gasteiger partial charge in [0.2, 0.25) is 0 Å². The highest BCUT2D eigenvalue weighted by atomic mass is 16.5. The highest BCUT2D eigenvalue weighted by Crippen LogP contribution is 2.64. The van der Waals surface area contributed by atoms with Gasteiger partial charge in [-0.2, -0.15) is 0 Å². The quantitative estimate of drug-likeness (QED) is 0.775. The molecule has 24 heavy (non-hydrogen) atoms. The van der Waals surface area contributed by atoms with E-state index in [0.717, 1.165) is 38.7 Å². The minimum absolute atomic E-state index is 0.0775. The zero-order valence-electron chi connectivity index (χ0n) is 14.5. The maximum atomic E-state index is 12.6. The van der Waals surface area contributed by atoms with Crippen molar-refractivity contribution in [2.24, 2.45) is 11.3 Å². The molecule has 0 bridgehead atoms. The van der Waals surface area contributed by atoms with E-state index < -0.39 is 0 Å². The van der Waals surface area contributed by atoms with Crippen LogP contribution in [-0.4, -0.2) is 35.5 Å². The van der Waals surface area contributed by atoms with Crippen LogP contribution in [-0.2, 0) is 4.74 Å². The van der Waals surface area contributed by atoms with Crippen LogP contribution in [0.1, 0.15) is 66.7 Å². The summed E-state index contributed by atoms with van der Waals surface area (Å²) in [5, 5.41) is 0. The van der Waals surface area contributed by atoms with Crippen molar-refractivity contribution < 1.29 is 14.3 Å². The molecule has 0 N–H and O–H groups in total. The van der Waals surface area contributed by atoms with Crippen molar-refractivity contribution in [3.63, 3.8) is 0 Å². The second kappa shape index (κ2) is 5.41. The number of rotatable bonds is 5. The molecular formula is C20H25NO3. The van der Waals surface area contributed by atoms with Crippen LogP contribution < -0.4 is 0 Å². The Bertz CT molecular complexity index is 665. The fourth-order valence-electron chi connectivity index (χ4n) is 4.79. The Morgan fingerprint density at radius 2 is 1.88 bits per heavy atom. The summed E-state index contributed by atoms with van der Waals surface area (Å²) in [6.45, 7) is 5.65. The first-order chi connectivity index (χ1) is 11.5. The molecule has 2 saturated carbocycles. The van der Waals surface area contributed by atoms with Crippen molar-refractivity contribution in [3.05, 3.63) is 35.4 Å². The Kier molecular flexibility index (Phi) is 3.57. The zero-order chi connectivity index (χ0) is 16.9. The van der Waals surface area contributed by atoms with Crippen LogP contribution >= 0.6 is 0 Å². The summed E-state index contributed by atoms with van der Waals surface area (Å²) in [6.07, 6.45) is 5.32. The summed E-state index contributed by atoms with van der Waals surface area (Å²) in [5.41, 5.74) is 1.07. The Morgan fingerprint density at radius 3 is 2.50 bits per heavy atom. The number of ether oxygens (including phenoxy) is 1. The molecule has 4 heteroatoms. The van der Waals surface area contributed by atoms with E-state index in [1.54, 1.807) is 12.1 Å². The first kappa shape index (κ1) is 15.8. The number of nitrogens with zero attached hydrogens (tertiary/aromatic N) is 1. The minimum Gasteiger partial charge on any atom is -0.375 e. The molecule has 2 fully saturated rings. The number of benzene rings is 1. The molecule has 0 spiro atoms. The van der Waals surface area contributed by atoms with E-state index in [2.05, 4.69) is 13.8 Å². The van der Waals surface area contributed by atoms with Crippen LogP contribution in [0, 0.1) is 11.3 Å². The monoisotopic (exact) mass is 327 g/mol. The van der Waals surface area contributed by atoms with Gasteiger partial charge in [-0.15, -0.1) is 0 Å². The normalized spacial score (nSPS) is 34.2. The molecule has 3 aliphatic rings. The molecule has 1 aromatic carbocycles. The van der Waals surface area contributed by atoms with Crippen LogP contribution in [0.3, 0.4) is 0 Å². The maximum absolute atomic E-state index is 12.6. The van der Waals surface area contributed by atoms with Crippen LogP contribution in [0.15, 0.2) is 24.3 Å². The second-order valence-corrected chi connectivity index (χ2v) is 8.02. The van der Waals surface area contributed by atoms with E-state index >= 15 is 0 Å². The first-order valence-electron chi connectivity index (χ1n) is 9.07. The summed E-state index contributed by atoms with van der Waals surface area (Å²) < 4.78 is 6.13. The van der Waals surface area contributed by atoms with Crippen molar-refractivity contribution in [3.8, 4) is 0 Å². The van der Waals surface area contributed by atoms with Gasteiger partial charge >= 0.3 is 0 Å². The lowest BCUT2D eigenvalue weighted by atomic mass is 9.78. The summed E-state index contributed by atoms with van der Waals surface area (Å²) in [6, 6.07) is 7.16. The zero-order valence-corrected chi connectivity index (χ0v) is 14.5. The van der Waals surface area contributed by atoms with Crippen LogP contribution in [0.4, 0.5) is 0 Å². The van der Waals surface area contributed by atoms with Gasteiger partial charge in [0.1, 0.15) is 0 Å². The molecule has 3 atom stereocenters. The average molecular weight is 327 g/mol. The SMILES string of the molecule is CCCOC1(C)CCC2CC2(CN2C(=O)c3ccccc3C2=O)C1. The summed E-state index contributed by atoms with van der Waals surface area (Å²) in [5.74, 6) is 0.384. The number of hydrogen-bond donors (Lipinski definition) is 0. The predicted octanol–water partition coefficient (Wildman–Crippen LogP) is 3.66. The largest absolute Gasteiger partial charge is 0.375 e. The Balaban J connectivity index is 1.52. The lowest BCUT2D eigenvalue weighted by Gasteiger charge is -2.39. The van der Waals surface area contributed by atoms with E-state index in [-0.39, 0.29) is 22.8 Å². The third-order valence-electron chi connectivity index (χ3n) is 6.11. The second-order valence-electron chi connectivity index (χ2n) is 8.02. The lowest BCUT2D eigenvalue weighted by Crippen LogP contribution is -2.43. The van der Waals surface area contributed by atoms with Crippen LogP contribution in [0.5, 0.6) is 0 Å². The molecule has 0 radical (unpaired) electrons. The number of fused-ring (bicyclic) bond motifs is 2. The molecule has 4 nitrogen and oxygen atoms in total. The van der Waals surface area contributed by atoms with Gasteiger partial charge in [0.25, 0.3) is 11.8 Å². The molecule has 3 unspecified atom stereocenters. The van der Waals surface area contributed by atoms with Crippen molar-refractivity contribution in [1.29, 1.82) is 0 Å². The van der Waals surface area contributed by atoms with Gasteiger partial charge in [0.15, 0.2) is 0 Å². The topological polar surface area (TPSA) is 46.6 Å². The van der Waals surface area contributed by atoms with E-state index in [9.17, 15) is 9.59 Å². The third-order valence-corrected chi connectivity index (χ3v) is 6.11. The van der Waals surface area contributed by atoms with Gasteiger partial charge in [-0.25, -0.2) is 0 Å². The van der Waals surface area contributed by atoms with E-state index in [0.29, 0.717) is 23.6 Å². The van der Waals surface area contributed by atoms with Gasteiger partial charge in [0.05, 0.1) is 16.7 Å². The van der Waals surface area contributed by atoms with Crippen LogP contribution in [0.2, 0.25) is 0 Å². The van der Waals surface area contributed by atoms with Crippen molar-refractivity contribution in [1.82, 2.24) is 4.90 Å². The Hall–Kier alpha value is -1.68. The molecular weight excluding hydrogens is 302 g/mol. The summed E-state index contributed by atoms with van der Waals surface area (Å²) >= 11 is 0. The smallest absolute Gasteiger partial charge is 0.261 e. The highest BCUT2D eigenvalue weighted by Gasteiger charge is 2.61. The van der Waals surface area contributed by atoms with Gasteiger partial charge < -0.3 is 4.74 Å². The Morgan fingerprint density at radius 1 is 1.21 bits per heavy atom. The maximum Gasteiger partial charge on any atom is 0.261 e. The molecule has 1 aliphatic heterocycles. The number of imide groups is 1. The number of amides is 2. The minimum atomic E-state index is -0.127. The fourth-order valence-corrected chi connectivity index (χ4v) is 4.79. The standard InChI is InChI=1S/C20H25NO3/c1-3-10-24-19(2)9-8-14-11-20(14,12-19)13-21-17(22)15-6-4-5-7-16(15)18(21)23/h4-7,14H,3,8-13H2,1-2H3. The highest BCUT2D eigenvalue weighted by molar-refractivity contribution is 6.21. The van der Waals surface area contributed by atoms with E-state index in [1.165, 1.54) is 4.90 Å². The number of carbonyl (C=O) groups is 2. The van der Waals surface area contributed by atoms with Gasteiger partial charge in [0, 0.05) is 13.2 Å². The molecule has 0 aromatic heterocycles. The average Bonchev–Trinajstić information content (AvgIpc) is 3.24. The van der Waals surface area contributed by atoms with E-state index in [4.69, 9.17) is 4.74 Å². The van der Waals surface area contributed by atoms with Gasteiger partial charge in [-0.3, -0.25) is 14.5 Å². The van der Waals surface area contributed by atoms with Crippen molar-refractivity contribution in [2.45, 2.75) is 51.6 Å². The molecule has 1 heterocycles. The molecule has 128 valence electrons. The van der Waals surface area contributed by atoms with Gasteiger partial charge in [-0.1, -0.05) is 19.1 Å². The molecule has 1 aromatic rings. The fraction of sp³-hybridized carbons (Fsp3) is 0.600. The van der Waals surface area contributed by atoms with E-state index in [1.807, 2.05) is 12.1 Å². The lowest BCUT2D eigenvalue weighted by molar-refractivity contribution is -0.0741. The third kappa shape index (κ3) is 2.39. The molecule has 2 amide bonds. The van der Waals surface area contributed by atoms with Crippen molar-refractivity contribution >= 4 is 11.8 Å². The van der Waals surface area contributed by atoms with Crippen molar-refractivity contribution in [2.75, 3.05) is 13.2 Å². The van der Waals surface area contributed by atoms with Crippen LogP contribution in [0.25, 0.3) is 0 Å². The molecule has 0 saturated heterocycles. The van der Waals surface area contributed by atoms with Gasteiger partial charge in [-0.05, 0) is 62.5 Å². The number of carbonyl (C=O) groups excluding carboxylic acids is 2. The summed E-state index contributed by atoms with van der Waals surface area (Å²) in [7, 11) is 0.